The molecular formula is C25H29N3O6. The van der Waals surface area contributed by atoms with Gasteiger partial charge in [0.1, 0.15) is 18.4 Å². The van der Waals surface area contributed by atoms with Gasteiger partial charge in [-0.15, -0.1) is 6.58 Å². The number of carboxylic acids is 1. The number of benzene rings is 2. The van der Waals surface area contributed by atoms with Gasteiger partial charge in [0.25, 0.3) is 5.91 Å². The Bertz CT molecular complexity index is 1100. The maximum absolute atomic E-state index is 13.1. The molecule has 9 nitrogen and oxygen atoms in total. The van der Waals surface area contributed by atoms with Gasteiger partial charge in [-0.1, -0.05) is 63.2 Å². The predicted molar refractivity (Wildman–Crippen MR) is 127 cm³/mol. The highest BCUT2D eigenvalue weighted by molar-refractivity contribution is 6.08. The summed E-state index contributed by atoms with van der Waals surface area (Å²) >= 11 is 0. The van der Waals surface area contributed by atoms with Crippen LogP contribution in [-0.2, 0) is 19.2 Å². The third-order valence-electron chi connectivity index (χ3n) is 5.14. The Morgan fingerprint density at radius 3 is 2.21 bits per heavy atom. The van der Waals surface area contributed by atoms with Crippen molar-refractivity contribution in [1.82, 2.24) is 16.0 Å². The molecule has 0 bridgehead atoms. The molecule has 3 atom stereocenters. The first-order valence-electron chi connectivity index (χ1n) is 10.7. The summed E-state index contributed by atoms with van der Waals surface area (Å²) in [5, 5.41) is 18.0. The molecule has 0 aliphatic carbocycles. The lowest BCUT2D eigenvalue weighted by molar-refractivity contribution is -0.139. The van der Waals surface area contributed by atoms with Gasteiger partial charge in [-0.3, -0.25) is 19.2 Å². The normalized spacial score (nSPS) is 13.7. The molecule has 9 heteroatoms. The zero-order valence-electron chi connectivity index (χ0n) is 19.3. The van der Waals surface area contributed by atoms with Crippen LogP contribution in [0.5, 0.6) is 0 Å². The molecule has 0 spiro atoms. The number of hydrogen-bond donors (Lipinski definition) is 4. The number of rotatable bonds is 10. The second kappa shape index (κ2) is 11.2. The molecule has 34 heavy (non-hydrogen) atoms. The average Bonchev–Trinajstić information content (AvgIpc) is 2.78. The Kier molecular flexibility index (Phi) is 8.66. The van der Waals surface area contributed by atoms with E-state index in [1.165, 1.54) is 0 Å². The van der Waals surface area contributed by atoms with E-state index in [1.54, 1.807) is 32.9 Å². The number of amides is 3. The summed E-state index contributed by atoms with van der Waals surface area (Å²) in [5.41, 5.74) is -0.318. The van der Waals surface area contributed by atoms with Crippen LogP contribution in [0.3, 0.4) is 0 Å². The Morgan fingerprint density at radius 2 is 1.62 bits per heavy atom. The van der Waals surface area contributed by atoms with E-state index in [-0.39, 0.29) is 0 Å². The fourth-order valence-corrected chi connectivity index (χ4v) is 3.37. The van der Waals surface area contributed by atoms with Crippen LogP contribution in [0.1, 0.15) is 37.6 Å². The van der Waals surface area contributed by atoms with Gasteiger partial charge < -0.3 is 25.9 Å². The van der Waals surface area contributed by atoms with Crippen molar-refractivity contribution < 1.29 is 29.1 Å². The summed E-state index contributed by atoms with van der Waals surface area (Å²) in [4.78, 5) is 60.6. The Balaban J connectivity index is 2.20. The van der Waals surface area contributed by atoms with E-state index in [9.17, 15) is 24.0 Å². The molecule has 0 radical (unpaired) electrons. The lowest BCUT2D eigenvalue weighted by atomic mass is 9.85. The molecule has 2 aromatic carbocycles. The summed E-state index contributed by atoms with van der Waals surface area (Å²) in [5.74, 6) is -3.15. The molecule has 0 saturated heterocycles. The molecular weight excluding hydrogens is 438 g/mol. The van der Waals surface area contributed by atoms with E-state index >= 15 is 0 Å². The summed E-state index contributed by atoms with van der Waals surface area (Å²) in [6.07, 6.45) is 0.858. The number of nitrogens with one attached hydrogen (secondary N) is 3. The van der Waals surface area contributed by atoms with Crippen LogP contribution >= 0.6 is 0 Å². The van der Waals surface area contributed by atoms with Crippen molar-refractivity contribution >= 4 is 40.7 Å². The van der Waals surface area contributed by atoms with E-state index in [0.717, 1.165) is 16.8 Å². The first-order valence-corrected chi connectivity index (χ1v) is 10.7. The summed E-state index contributed by atoms with van der Waals surface area (Å²) in [6, 6.07) is 9.15. The third-order valence-corrected chi connectivity index (χ3v) is 5.14. The molecule has 0 aliphatic heterocycles. The van der Waals surface area contributed by atoms with E-state index < -0.39 is 53.7 Å². The lowest BCUT2D eigenvalue weighted by Crippen LogP contribution is -2.58. The maximum Gasteiger partial charge on any atom is 0.305 e. The van der Waals surface area contributed by atoms with E-state index in [4.69, 9.17) is 5.11 Å². The SMILES string of the molecule is C=C[C@H](NC(=O)C(NC(=O)c1cccc2ccccc12)C(C)(C)C)C(=O)NC(C=O)CC(=O)O. The molecule has 180 valence electrons. The van der Waals surface area contributed by atoms with Gasteiger partial charge >= 0.3 is 5.97 Å². The zero-order chi connectivity index (χ0) is 25.5. The maximum atomic E-state index is 13.1. The average molecular weight is 468 g/mol. The first kappa shape index (κ1) is 26.2. The molecule has 2 aromatic rings. The van der Waals surface area contributed by atoms with E-state index in [0.29, 0.717) is 11.8 Å². The number of carbonyl (C=O) groups is 5. The van der Waals surface area contributed by atoms with Gasteiger partial charge in [-0.25, -0.2) is 0 Å². The van der Waals surface area contributed by atoms with E-state index in [2.05, 4.69) is 22.5 Å². The van der Waals surface area contributed by atoms with Crippen LogP contribution in [0, 0.1) is 5.41 Å². The smallest absolute Gasteiger partial charge is 0.305 e. The fourth-order valence-electron chi connectivity index (χ4n) is 3.37. The largest absolute Gasteiger partial charge is 0.481 e. The van der Waals surface area contributed by atoms with Crippen molar-refractivity contribution in [3.8, 4) is 0 Å². The first-order chi connectivity index (χ1) is 16.0. The second-order valence-corrected chi connectivity index (χ2v) is 8.87. The minimum Gasteiger partial charge on any atom is -0.481 e. The topological polar surface area (TPSA) is 142 Å². The molecule has 2 unspecified atom stereocenters. The number of carbonyl (C=O) groups excluding carboxylic acids is 4. The monoisotopic (exact) mass is 467 g/mol. The van der Waals surface area contributed by atoms with Crippen LogP contribution < -0.4 is 16.0 Å². The van der Waals surface area contributed by atoms with Crippen LogP contribution in [0.15, 0.2) is 55.1 Å². The molecule has 0 aliphatic rings. The molecule has 2 rings (SSSR count). The Labute approximate surface area is 197 Å². The number of aliphatic carboxylic acids is 1. The van der Waals surface area contributed by atoms with Gasteiger partial charge in [0, 0.05) is 5.56 Å². The number of fused-ring (bicyclic) bond motifs is 1. The van der Waals surface area contributed by atoms with Crippen LogP contribution in [0.25, 0.3) is 10.8 Å². The highest BCUT2D eigenvalue weighted by Crippen LogP contribution is 2.22. The van der Waals surface area contributed by atoms with Crippen LogP contribution in [0.4, 0.5) is 0 Å². The molecule has 4 N–H and O–H groups in total. The highest BCUT2D eigenvalue weighted by atomic mass is 16.4. The van der Waals surface area contributed by atoms with Gasteiger partial charge in [0.15, 0.2) is 0 Å². The standard InChI is InChI=1S/C25H29N3O6/c1-5-19(23(33)26-16(14-29)13-20(30)31)27-24(34)21(25(2,3)4)28-22(32)18-12-8-10-15-9-6-7-11-17(15)18/h5-12,14,16,19,21H,1,13H2,2-4H3,(H,26,33)(H,27,34)(H,28,32)(H,30,31)/t16?,19-,21?/m0/s1. The molecule has 0 saturated carbocycles. The molecule has 3 amide bonds. The highest BCUT2D eigenvalue weighted by Gasteiger charge is 2.35. The van der Waals surface area contributed by atoms with E-state index in [1.807, 2.05) is 30.3 Å². The van der Waals surface area contributed by atoms with Crippen molar-refractivity contribution in [3.63, 3.8) is 0 Å². The second-order valence-electron chi connectivity index (χ2n) is 8.87. The van der Waals surface area contributed by atoms with Crippen molar-refractivity contribution in [1.29, 1.82) is 0 Å². The van der Waals surface area contributed by atoms with Gasteiger partial charge in [-0.2, -0.15) is 0 Å². The summed E-state index contributed by atoms with van der Waals surface area (Å²) in [6.45, 7) is 8.81. The summed E-state index contributed by atoms with van der Waals surface area (Å²) in [7, 11) is 0. The minimum atomic E-state index is -1.26. The van der Waals surface area contributed by atoms with Crippen molar-refractivity contribution in [2.24, 2.45) is 5.41 Å². The fraction of sp³-hybridized carbons (Fsp3) is 0.320. The van der Waals surface area contributed by atoms with Crippen molar-refractivity contribution in [3.05, 3.63) is 60.7 Å². The van der Waals surface area contributed by atoms with Crippen LogP contribution in [-0.4, -0.2) is 53.2 Å². The Morgan fingerprint density at radius 1 is 0.971 bits per heavy atom. The lowest BCUT2D eigenvalue weighted by Gasteiger charge is -2.31. The number of hydrogen-bond acceptors (Lipinski definition) is 5. The zero-order valence-corrected chi connectivity index (χ0v) is 19.3. The Hall–Kier alpha value is -4.01. The summed E-state index contributed by atoms with van der Waals surface area (Å²) < 4.78 is 0. The predicted octanol–water partition coefficient (Wildman–Crippen LogP) is 1.81. The molecule has 0 heterocycles. The van der Waals surface area contributed by atoms with Gasteiger partial charge in [0.05, 0.1) is 12.5 Å². The van der Waals surface area contributed by atoms with Crippen LogP contribution in [0.2, 0.25) is 0 Å². The third kappa shape index (κ3) is 6.74. The van der Waals surface area contributed by atoms with Crippen molar-refractivity contribution in [2.45, 2.75) is 45.3 Å². The molecule has 0 aromatic heterocycles. The van der Waals surface area contributed by atoms with Gasteiger partial charge in [0.2, 0.25) is 11.8 Å². The van der Waals surface area contributed by atoms with Gasteiger partial charge in [-0.05, 0) is 22.3 Å². The quantitative estimate of drug-likeness (QED) is 0.310. The number of aldehydes is 1. The molecule has 0 fully saturated rings. The number of carboxylic acid groups (broad SMARTS) is 1. The van der Waals surface area contributed by atoms with Crippen molar-refractivity contribution in [2.75, 3.05) is 0 Å². The minimum absolute atomic E-state index is 0.302.